The van der Waals surface area contributed by atoms with Crippen LogP contribution >= 0.6 is 0 Å². The number of aryl methyl sites for hydroxylation is 1. The lowest BCUT2D eigenvalue weighted by Gasteiger charge is -2.14. The first-order valence-corrected chi connectivity index (χ1v) is 10.3. The fraction of sp³-hybridized carbons (Fsp3) is 0.300. The van der Waals surface area contributed by atoms with Crippen LogP contribution in [0.5, 0.6) is 5.75 Å². The topological polar surface area (TPSA) is 108 Å². The van der Waals surface area contributed by atoms with Crippen LogP contribution in [0.2, 0.25) is 0 Å². The maximum atomic E-state index is 12.9. The third-order valence-electron chi connectivity index (χ3n) is 4.12. The second kappa shape index (κ2) is 9.42. The monoisotopic (exact) mass is 421 g/mol. The average Bonchev–Trinajstić information content (AvgIpc) is 2.72. The molecule has 0 aliphatic heterocycles. The third-order valence-corrected chi connectivity index (χ3v) is 5.52. The van der Waals surface area contributed by atoms with Gasteiger partial charge in [0, 0.05) is 5.69 Å². The summed E-state index contributed by atoms with van der Waals surface area (Å²) >= 11 is 0. The molecule has 0 heterocycles. The van der Waals surface area contributed by atoms with Gasteiger partial charge in [0.15, 0.2) is 6.10 Å². The molecule has 9 heteroatoms. The Morgan fingerprint density at radius 3 is 2.28 bits per heavy atom. The van der Waals surface area contributed by atoms with E-state index < -0.39 is 28.1 Å². The number of carbonyl (C=O) groups excluding carboxylic acids is 2. The summed E-state index contributed by atoms with van der Waals surface area (Å²) in [7, 11) is -1.56. The molecule has 0 amide bonds. The summed E-state index contributed by atoms with van der Waals surface area (Å²) in [6, 6.07) is 10.8. The Balaban J connectivity index is 2.33. The molecule has 0 fully saturated rings. The van der Waals surface area contributed by atoms with E-state index in [0.29, 0.717) is 5.69 Å². The van der Waals surface area contributed by atoms with Gasteiger partial charge < -0.3 is 14.2 Å². The van der Waals surface area contributed by atoms with Crippen molar-refractivity contribution in [3.05, 3.63) is 53.6 Å². The van der Waals surface area contributed by atoms with Gasteiger partial charge in [-0.25, -0.2) is 18.0 Å². The molecule has 8 nitrogen and oxygen atoms in total. The molecule has 0 aliphatic carbocycles. The number of methoxy groups -OCH3 is 2. The Labute approximate surface area is 169 Å². The van der Waals surface area contributed by atoms with E-state index >= 15 is 0 Å². The number of esters is 2. The number of sulfonamides is 1. The van der Waals surface area contributed by atoms with Gasteiger partial charge in [0.1, 0.15) is 10.6 Å². The summed E-state index contributed by atoms with van der Waals surface area (Å²) in [5.74, 6) is -1.54. The zero-order valence-corrected chi connectivity index (χ0v) is 17.4. The number of nitrogens with one attached hydrogen (secondary N) is 1. The molecule has 156 valence electrons. The highest BCUT2D eigenvalue weighted by Gasteiger charge is 2.24. The van der Waals surface area contributed by atoms with Crippen LogP contribution in [0.1, 0.15) is 29.8 Å². The summed E-state index contributed by atoms with van der Waals surface area (Å²) in [5.41, 5.74) is 1.38. The zero-order valence-electron chi connectivity index (χ0n) is 16.6. The summed E-state index contributed by atoms with van der Waals surface area (Å²) < 4.78 is 42.8. The molecule has 29 heavy (non-hydrogen) atoms. The van der Waals surface area contributed by atoms with Gasteiger partial charge in [0.2, 0.25) is 0 Å². The molecule has 0 saturated carbocycles. The Morgan fingerprint density at radius 1 is 1.07 bits per heavy atom. The number of carbonyl (C=O) groups is 2. The molecule has 0 unspecified atom stereocenters. The Kier molecular flexibility index (Phi) is 7.22. The summed E-state index contributed by atoms with van der Waals surface area (Å²) in [4.78, 5) is 23.5. The second-order valence-corrected chi connectivity index (χ2v) is 7.74. The van der Waals surface area contributed by atoms with Crippen LogP contribution < -0.4 is 9.46 Å². The summed E-state index contributed by atoms with van der Waals surface area (Å²) in [6.07, 6.45) is -0.306. The number of hydrogen-bond donors (Lipinski definition) is 1. The number of benzene rings is 2. The van der Waals surface area contributed by atoms with Gasteiger partial charge in [-0.2, -0.15) is 0 Å². The molecule has 1 atom stereocenters. The van der Waals surface area contributed by atoms with Gasteiger partial charge in [-0.1, -0.05) is 19.1 Å². The second-order valence-electron chi connectivity index (χ2n) is 6.09. The quantitative estimate of drug-likeness (QED) is 0.653. The van der Waals surface area contributed by atoms with Crippen molar-refractivity contribution in [2.24, 2.45) is 0 Å². The van der Waals surface area contributed by atoms with Crippen molar-refractivity contribution >= 4 is 27.6 Å². The highest BCUT2D eigenvalue weighted by molar-refractivity contribution is 7.92. The summed E-state index contributed by atoms with van der Waals surface area (Å²) in [6.45, 7) is 3.35. The molecule has 0 aromatic heterocycles. The van der Waals surface area contributed by atoms with Crippen LogP contribution in [0.4, 0.5) is 5.69 Å². The van der Waals surface area contributed by atoms with Gasteiger partial charge in [-0.05, 0) is 49.2 Å². The molecular formula is C20H23NO7S. The zero-order chi connectivity index (χ0) is 21.6. The lowest BCUT2D eigenvalue weighted by Crippen LogP contribution is -2.25. The van der Waals surface area contributed by atoms with Crippen molar-refractivity contribution in [3.63, 3.8) is 0 Å². The molecule has 0 bridgehead atoms. The number of anilines is 1. The molecule has 0 aliphatic rings. The van der Waals surface area contributed by atoms with Crippen molar-refractivity contribution in [1.29, 1.82) is 0 Å². The van der Waals surface area contributed by atoms with E-state index in [4.69, 9.17) is 9.47 Å². The smallest absolute Gasteiger partial charge is 0.346 e. The minimum absolute atomic E-state index is 0.0525. The van der Waals surface area contributed by atoms with Crippen molar-refractivity contribution < 1.29 is 32.2 Å². The Morgan fingerprint density at radius 2 is 1.72 bits per heavy atom. The minimum Gasteiger partial charge on any atom is -0.495 e. The first-order valence-electron chi connectivity index (χ1n) is 8.80. The SMILES string of the molecule is CCc1ccc(NS(=O)(=O)c2cc(C(=O)O[C@@H](C)C(=O)OC)ccc2OC)cc1. The summed E-state index contributed by atoms with van der Waals surface area (Å²) in [5, 5.41) is 0. The van der Waals surface area contributed by atoms with Gasteiger partial charge >= 0.3 is 11.9 Å². The standard InChI is InChI=1S/C20H23NO7S/c1-5-14-6-9-16(10-7-14)21-29(24,25)18-12-15(8-11-17(18)26-3)20(23)28-13(2)19(22)27-4/h6-13,21H,5H2,1-4H3/t13-/m0/s1. The van der Waals surface area contributed by atoms with E-state index in [2.05, 4.69) is 9.46 Å². The maximum absolute atomic E-state index is 12.9. The highest BCUT2D eigenvalue weighted by atomic mass is 32.2. The average molecular weight is 421 g/mol. The molecule has 1 N–H and O–H groups in total. The molecule has 2 aromatic carbocycles. The fourth-order valence-electron chi connectivity index (χ4n) is 2.47. The largest absolute Gasteiger partial charge is 0.495 e. The van der Waals surface area contributed by atoms with Crippen molar-refractivity contribution in [3.8, 4) is 5.75 Å². The van der Waals surface area contributed by atoms with Gasteiger partial charge in [-0.15, -0.1) is 0 Å². The first-order chi connectivity index (χ1) is 13.7. The molecular weight excluding hydrogens is 398 g/mol. The normalized spacial score (nSPS) is 12.0. The van der Waals surface area contributed by atoms with Gasteiger partial charge in [0.25, 0.3) is 10.0 Å². The van der Waals surface area contributed by atoms with E-state index in [0.717, 1.165) is 18.1 Å². The highest BCUT2D eigenvalue weighted by Crippen LogP contribution is 2.27. The van der Waals surface area contributed by atoms with Gasteiger partial charge in [-0.3, -0.25) is 4.72 Å². The lowest BCUT2D eigenvalue weighted by molar-refractivity contribution is -0.149. The van der Waals surface area contributed by atoms with E-state index in [1.54, 1.807) is 12.1 Å². The van der Waals surface area contributed by atoms with E-state index in [1.807, 2.05) is 19.1 Å². The molecule has 2 aromatic rings. The van der Waals surface area contributed by atoms with Crippen molar-refractivity contribution in [2.45, 2.75) is 31.3 Å². The fourth-order valence-corrected chi connectivity index (χ4v) is 3.73. The first kappa shape index (κ1) is 22.2. The van der Waals surface area contributed by atoms with Crippen LogP contribution in [0.3, 0.4) is 0 Å². The van der Waals surface area contributed by atoms with Crippen molar-refractivity contribution in [2.75, 3.05) is 18.9 Å². The molecule has 0 spiro atoms. The number of hydrogen-bond acceptors (Lipinski definition) is 7. The van der Waals surface area contributed by atoms with E-state index in [9.17, 15) is 18.0 Å². The van der Waals surface area contributed by atoms with Crippen LogP contribution in [0.15, 0.2) is 47.4 Å². The predicted molar refractivity (Wildman–Crippen MR) is 107 cm³/mol. The molecule has 0 saturated heterocycles. The lowest BCUT2D eigenvalue weighted by atomic mass is 10.2. The van der Waals surface area contributed by atoms with E-state index in [1.165, 1.54) is 33.3 Å². The van der Waals surface area contributed by atoms with E-state index in [-0.39, 0.29) is 16.2 Å². The number of rotatable bonds is 8. The third kappa shape index (κ3) is 5.47. The number of ether oxygens (including phenoxy) is 3. The van der Waals surface area contributed by atoms with Crippen molar-refractivity contribution in [1.82, 2.24) is 0 Å². The van der Waals surface area contributed by atoms with Crippen LogP contribution in [0, 0.1) is 0 Å². The predicted octanol–water partition coefficient (Wildman–Crippen LogP) is 2.78. The van der Waals surface area contributed by atoms with Crippen LogP contribution in [0.25, 0.3) is 0 Å². The maximum Gasteiger partial charge on any atom is 0.346 e. The Bertz CT molecular complexity index is 984. The minimum atomic E-state index is -4.06. The van der Waals surface area contributed by atoms with Gasteiger partial charge in [0.05, 0.1) is 19.8 Å². The van der Waals surface area contributed by atoms with Crippen LogP contribution in [-0.2, 0) is 30.7 Å². The molecule has 0 radical (unpaired) electrons. The Hall–Kier alpha value is -3.07. The van der Waals surface area contributed by atoms with Crippen LogP contribution in [-0.4, -0.2) is 40.7 Å². The molecule has 2 rings (SSSR count).